The summed E-state index contributed by atoms with van der Waals surface area (Å²) >= 11 is 0. The molecule has 2 heteroatoms. The molecule has 0 fully saturated rings. The van der Waals surface area contributed by atoms with Crippen LogP contribution in [-0.2, 0) is 0 Å². The van der Waals surface area contributed by atoms with Gasteiger partial charge in [0.05, 0.1) is 6.10 Å². The van der Waals surface area contributed by atoms with Gasteiger partial charge in [-0.2, -0.15) is 0 Å². The van der Waals surface area contributed by atoms with Crippen LogP contribution >= 0.6 is 0 Å². The monoisotopic (exact) mass is 131 g/mol. The van der Waals surface area contributed by atoms with Gasteiger partial charge in [0.2, 0.25) is 0 Å². The van der Waals surface area contributed by atoms with Crippen LogP contribution in [0.25, 0.3) is 0 Å². The molecule has 0 bridgehead atoms. The molecule has 0 aromatic carbocycles. The molecular formula is C7H17NO. The first-order valence-corrected chi connectivity index (χ1v) is 3.53. The van der Waals surface area contributed by atoms with E-state index in [0.29, 0.717) is 0 Å². The molecule has 1 N–H and O–H groups in total. The van der Waals surface area contributed by atoms with E-state index in [2.05, 4.69) is 18.9 Å². The second kappa shape index (κ2) is 4.77. The first-order chi connectivity index (χ1) is 4.16. The predicted octanol–water partition coefficient (Wildman–Crippen LogP) is 0.709. The summed E-state index contributed by atoms with van der Waals surface area (Å²) in [5.41, 5.74) is 0. The second-order valence-corrected chi connectivity index (χ2v) is 2.53. The summed E-state index contributed by atoms with van der Waals surface area (Å²) in [5, 5.41) is 8.87. The summed E-state index contributed by atoms with van der Waals surface area (Å²) in [6.45, 7) is 5.99. The van der Waals surface area contributed by atoms with Crippen molar-refractivity contribution >= 4 is 0 Å². The van der Waals surface area contributed by atoms with Gasteiger partial charge in [-0.1, -0.05) is 6.92 Å². The van der Waals surface area contributed by atoms with Crippen molar-refractivity contribution in [3.63, 3.8) is 0 Å². The summed E-state index contributed by atoms with van der Waals surface area (Å²) in [4.78, 5) is 2.19. The van der Waals surface area contributed by atoms with E-state index in [1.165, 1.54) is 0 Å². The van der Waals surface area contributed by atoms with Crippen LogP contribution in [0.5, 0.6) is 0 Å². The fraction of sp³-hybridized carbons (Fsp3) is 1.00. The van der Waals surface area contributed by atoms with Crippen molar-refractivity contribution in [1.82, 2.24) is 4.90 Å². The van der Waals surface area contributed by atoms with Crippen LogP contribution in [0.1, 0.15) is 20.3 Å². The molecule has 0 aliphatic carbocycles. The molecule has 0 saturated carbocycles. The first-order valence-electron chi connectivity index (χ1n) is 3.53. The minimum Gasteiger partial charge on any atom is -0.393 e. The highest BCUT2D eigenvalue weighted by Crippen LogP contribution is 1.91. The average Bonchev–Trinajstić information content (AvgIpc) is 1.83. The van der Waals surface area contributed by atoms with Crippen molar-refractivity contribution in [1.29, 1.82) is 0 Å². The maximum atomic E-state index is 8.87. The maximum absolute atomic E-state index is 8.87. The minimum atomic E-state index is -0.154. The molecule has 0 aromatic heterocycles. The van der Waals surface area contributed by atoms with Gasteiger partial charge in [0.1, 0.15) is 0 Å². The fourth-order valence-corrected chi connectivity index (χ4v) is 0.565. The Balaban J connectivity index is 3.06. The van der Waals surface area contributed by atoms with E-state index in [4.69, 9.17) is 5.11 Å². The summed E-state index contributed by atoms with van der Waals surface area (Å²) < 4.78 is 0. The van der Waals surface area contributed by atoms with Crippen molar-refractivity contribution in [2.24, 2.45) is 0 Å². The highest BCUT2D eigenvalue weighted by Gasteiger charge is 1.97. The topological polar surface area (TPSA) is 23.5 Å². The van der Waals surface area contributed by atoms with E-state index in [9.17, 15) is 0 Å². The van der Waals surface area contributed by atoms with Crippen LogP contribution in [0.3, 0.4) is 0 Å². The van der Waals surface area contributed by atoms with Gasteiger partial charge in [0.25, 0.3) is 0 Å². The molecule has 1 unspecified atom stereocenters. The molecule has 0 aliphatic rings. The Morgan fingerprint density at radius 1 is 1.56 bits per heavy atom. The summed E-state index contributed by atoms with van der Waals surface area (Å²) in [7, 11) is 2.06. The van der Waals surface area contributed by atoms with Crippen LogP contribution in [-0.4, -0.2) is 36.2 Å². The molecule has 0 radical (unpaired) electrons. The number of rotatable bonds is 4. The Hall–Kier alpha value is -0.0800. The lowest BCUT2D eigenvalue weighted by atomic mass is 10.3. The molecule has 9 heavy (non-hydrogen) atoms. The Bertz CT molecular complexity index is 63.9. The molecule has 56 valence electrons. The Labute approximate surface area is 57.5 Å². The number of aliphatic hydroxyl groups excluding tert-OH is 1. The first kappa shape index (κ1) is 8.92. The summed E-state index contributed by atoms with van der Waals surface area (Å²) in [5.74, 6) is 0. The van der Waals surface area contributed by atoms with E-state index in [-0.39, 0.29) is 6.10 Å². The van der Waals surface area contributed by atoms with E-state index >= 15 is 0 Å². The van der Waals surface area contributed by atoms with Crippen LogP contribution in [0.15, 0.2) is 0 Å². The molecule has 0 saturated heterocycles. The Morgan fingerprint density at radius 2 is 2.11 bits per heavy atom. The SMILES string of the molecule is CCN(C)CCC(C)O. The van der Waals surface area contributed by atoms with Crippen LogP contribution in [0.2, 0.25) is 0 Å². The van der Waals surface area contributed by atoms with E-state index in [0.717, 1.165) is 19.5 Å². The van der Waals surface area contributed by atoms with Gasteiger partial charge in [-0.3, -0.25) is 0 Å². The fourth-order valence-electron chi connectivity index (χ4n) is 0.565. The van der Waals surface area contributed by atoms with Gasteiger partial charge in [-0.15, -0.1) is 0 Å². The molecule has 0 aliphatic heterocycles. The van der Waals surface area contributed by atoms with E-state index in [1.54, 1.807) is 0 Å². The molecule has 0 rings (SSSR count). The number of nitrogens with zero attached hydrogens (tertiary/aromatic N) is 1. The van der Waals surface area contributed by atoms with Crippen molar-refractivity contribution in [3.05, 3.63) is 0 Å². The normalized spacial score (nSPS) is 14.3. The zero-order valence-corrected chi connectivity index (χ0v) is 6.59. The van der Waals surface area contributed by atoms with Gasteiger partial charge in [-0.05, 0) is 26.9 Å². The van der Waals surface area contributed by atoms with Gasteiger partial charge in [-0.25, -0.2) is 0 Å². The molecule has 0 heterocycles. The van der Waals surface area contributed by atoms with Gasteiger partial charge < -0.3 is 10.0 Å². The number of hydrogen-bond acceptors (Lipinski definition) is 2. The third kappa shape index (κ3) is 5.80. The highest BCUT2D eigenvalue weighted by atomic mass is 16.3. The average molecular weight is 131 g/mol. The van der Waals surface area contributed by atoms with Crippen molar-refractivity contribution < 1.29 is 5.11 Å². The molecule has 2 nitrogen and oxygen atoms in total. The quantitative estimate of drug-likeness (QED) is 0.607. The van der Waals surface area contributed by atoms with Crippen LogP contribution in [0.4, 0.5) is 0 Å². The van der Waals surface area contributed by atoms with E-state index in [1.807, 2.05) is 6.92 Å². The standard InChI is InChI=1S/C7H17NO/c1-4-8(3)6-5-7(2)9/h7,9H,4-6H2,1-3H3. The van der Waals surface area contributed by atoms with Gasteiger partial charge in [0, 0.05) is 6.54 Å². The van der Waals surface area contributed by atoms with Gasteiger partial charge in [0.15, 0.2) is 0 Å². The van der Waals surface area contributed by atoms with Crippen LogP contribution < -0.4 is 0 Å². The Kier molecular flexibility index (Phi) is 4.72. The number of hydrogen-bond donors (Lipinski definition) is 1. The lowest BCUT2D eigenvalue weighted by molar-refractivity contribution is 0.166. The van der Waals surface area contributed by atoms with Crippen LogP contribution in [0, 0.1) is 0 Å². The van der Waals surface area contributed by atoms with Gasteiger partial charge >= 0.3 is 0 Å². The van der Waals surface area contributed by atoms with Crippen molar-refractivity contribution in [2.45, 2.75) is 26.4 Å². The molecular weight excluding hydrogens is 114 g/mol. The third-order valence-electron chi connectivity index (χ3n) is 1.47. The third-order valence-corrected chi connectivity index (χ3v) is 1.47. The van der Waals surface area contributed by atoms with Crippen molar-refractivity contribution in [3.8, 4) is 0 Å². The smallest absolute Gasteiger partial charge is 0.0524 e. The largest absolute Gasteiger partial charge is 0.393 e. The lowest BCUT2D eigenvalue weighted by Crippen LogP contribution is -2.21. The molecule has 0 spiro atoms. The van der Waals surface area contributed by atoms with E-state index < -0.39 is 0 Å². The zero-order valence-electron chi connectivity index (χ0n) is 6.59. The predicted molar refractivity (Wildman–Crippen MR) is 39.5 cm³/mol. The van der Waals surface area contributed by atoms with Crippen molar-refractivity contribution in [2.75, 3.05) is 20.1 Å². The molecule has 1 atom stereocenters. The number of aliphatic hydroxyl groups is 1. The Morgan fingerprint density at radius 3 is 2.44 bits per heavy atom. The molecule has 0 aromatic rings. The summed E-state index contributed by atoms with van der Waals surface area (Å²) in [6.07, 6.45) is 0.726. The maximum Gasteiger partial charge on any atom is 0.0524 e. The summed E-state index contributed by atoms with van der Waals surface area (Å²) in [6, 6.07) is 0. The molecule has 0 amide bonds. The zero-order chi connectivity index (χ0) is 7.28. The minimum absolute atomic E-state index is 0.154. The highest BCUT2D eigenvalue weighted by molar-refractivity contribution is 4.51. The lowest BCUT2D eigenvalue weighted by Gasteiger charge is -2.13. The second-order valence-electron chi connectivity index (χ2n) is 2.53.